The van der Waals surface area contributed by atoms with Crippen LogP contribution in [0.2, 0.25) is 0 Å². The molecule has 0 radical (unpaired) electrons. The van der Waals surface area contributed by atoms with Gasteiger partial charge in [-0.15, -0.1) is 12.4 Å². The molecule has 5 rings (SSSR count). The number of hydrogen-bond acceptors (Lipinski definition) is 3. The molecule has 3 nitrogen and oxygen atoms in total. The summed E-state index contributed by atoms with van der Waals surface area (Å²) in [5, 5.41) is 0. The maximum Gasteiger partial charge on any atom is 0.316 e. The highest BCUT2D eigenvalue weighted by Gasteiger charge is 2.49. The first-order chi connectivity index (χ1) is 10.7. The lowest BCUT2D eigenvalue weighted by atomic mass is 9.63. The fourth-order valence-corrected chi connectivity index (χ4v) is 4.52. The molecule has 1 unspecified atom stereocenters. The van der Waals surface area contributed by atoms with Crippen LogP contribution in [-0.2, 0) is 14.9 Å². The standard InChI is InChI=1S/C19H25NO2.ClH/c1-14-5-2-3-6-16(14)19(9-4-10-19)18(21)22-17-13-20-11-7-15(17)8-12-20;/h2-3,5-6,15,17H,4,7-13H2,1H3;1H. The summed E-state index contributed by atoms with van der Waals surface area (Å²) in [6.07, 6.45) is 5.51. The van der Waals surface area contributed by atoms with Crippen LogP contribution < -0.4 is 0 Å². The molecular weight excluding hydrogens is 310 g/mol. The first kappa shape index (κ1) is 16.8. The predicted molar refractivity (Wildman–Crippen MR) is 93.0 cm³/mol. The fourth-order valence-electron chi connectivity index (χ4n) is 4.52. The number of aryl methyl sites for hydroxylation is 1. The molecule has 2 bridgehead atoms. The Labute approximate surface area is 144 Å². The minimum atomic E-state index is -0.364. The highest BCUT2D eigenvalue weighted by Crippen LogP contribution is 2.46. The number of carbonyl (C=O) groups is 1. The van der Waals surface area contributed by atoms with E-state index in [4.69, 9.17) is 4.74 Å². The third kappa shape index (κ3) is 2.78. The number of ether oxygens (including phenoxy) is 1. The van der Waals surface area contributed by atoms with Gasteiger partial charge in [-0.25, -0.2) is 0 Å². The van der Waals surface area contributed by atoms with Crippen molar-refractivity contribution in [1.82, 2.24) is 4.90 Å². The SMILES string of the molecule is Cc1ccccc1C1(C(=O)OC2CN3CCC2CC3)CCC1.Cl. The van der Waals surface area contributed by atoms with Crippen LogP contribution >= 0.6 is 12.4 Å². The second-order valence-corrected chi connectivity index (χ2v) is 7.33. The fraction of sp³-hybridized carbons (Fsp3) is 0.632. The Morgan fingerprint density at radius 2 is 1.91 bits per heavy atom. The monoisotopic (exact) mass is 335 g/mol. The Morgan fingerprint density at radius 1 is 1.22 bits per heavy atom. The van der Waals surface area contributed by atoms with E-state index < -0.39 is 0 Å². The zero-order chi connectivity index (χ0) is 15.2. The number of hydrogen-bond donors (Lipinski definition) is 0. The average Bonchev–Trinajstić information content (AvgIpc) is 2.49. The highest BCUT2D eigenvalue weighted by molar-refractivity contribution is 5.85. The van der Waals surface area contributed by atoms with Gasteiger partial charge in [-0.05, 0) is 62.7 Å². The van der Waals surface area contributed by atoms with Crippen molar-refractivity contribution in [3.63, 3.8) is 0 Å². The summed E-state index contributed by atoms with van der Waals surface area (Å²) in [6.45, 7) is 5.42. The zero-order valence-corrected chi connectivity index (χ0v) is 14.6. The van der Waals surface area contributed by atoms with E-state index in [1.807, 2.05) is 12.1 Å². The molecule has 0 N–H and O–H groups in total. The molecule has 4 fully saturated rings. The van der Waals surface area contributed by atoms with Gasteiger partial charge in [0.05, 0.1) is 5.41 Å². The summed E-state index contributed by atoms with van der Waals surface area (Å²) in [6, 6.07) is 8.32. The van der Waals surface area contributed by atoms with E-state index in [0.29, 0.717) is 5.92 Å². The van der Waals surface area contributed by atoms with E-state index in [2.05, 4.69) is 24.0 Å². The number of nitrogens with zero attached hydrogens (tertiary/aromatic N) is 1. The summed E-state index contributed by atoms with van der Waals surface area (Å²) in [4.78, 5) is 15.4. The summed E-state index contributed by atoms with van der Waals surface area (Å²) in [5.74, 6) is 0.620. The van der Waals surface area contributed by atoms with Crippen LogP contribution in [-0.4, -0.2) is 36.6 Å². The molecule has 0 amide bonds. The molecule has 4 heteroatoms. The number of rotatable bonds is 3. The molecule has 1 aromatic rings. The largest absolute Gasteiger partial charge is 0.460 e. The quantitative estimate of drug-likeness (QED) is 0.792. The van der Waals surface area contributed by atoms with Crippen LogP contribution in [0.15, 0.2) is 24.3 Å². The summed E-state index contributed by atoms with van der Waals surface area (Å²) in [5.41, 5.74) is 2.04. The lowest BCUT2D eigenvalue weighted by Crippen LogP contribution is -2.54. The van der Waals surface area contributed by atoms with E-state index in [9.17, 15) is 4.79 Å². The third-order valence-electron chi connectivity index (χ3n) is 6.11. The Balaban J connectivity index is 0.00000156. The summed E-state index contributed by atoms with van der Waals surface area (Å²) < 4.78 is 6.06. The minimum Gasteiger partial charge on any atom is -0.460 e. The van der Waals surface area contributed by atoms with Gasteiger partial charge in [-0.2, -0.15) is 0 Å². The lowest BCUT2D eigenvalue weighted by molar-refractivity contribution is -0.169. The van der Waals surface area contributed by atoms with Crippen LogP contribution in [0.1, 0.15) is 43.2 Å². The van der Waals surface area contributed by atoms with E-state index in [-0.39, 0.29) is 29.9 Å². The van der Waals surface area contributed by atoms with E-state index in [1.165, 1.54) is 37.1 Å². The van der Waals surface area contributed by atoms with Gasteiger partial charge < -0.3 is 4.74 Å². The molecule has 23 heavy (non-hydrogen) atoms. The molecular formula is C19H26ClNO2. The molecule has 1 saturated carbocycles. The molecule has 3 heterocycles. The summed E-state index contributed by atoms with van der Waals surface area (Å²) in [7, 11) is 0. The zero-order valence-electron chi connectivity index (χ0n) is 13.8. The van der Waals surface area contributed by atoms with Crippen LogP contribution in [0.25, 0.3) is 0 Å². The number of piperidine rings is 3. The normalized spacial score (nSPS) is 30.9. The van der Waals surface area contributed by atoms with Gasteiger partial charge in [0.2, 0.25) is 0 Å². The molecule has 0 aromatic heterocycles. The smallest absolute Gasteiger partial charge is 0.316 e. The number of carbonyl (C=O) groups excluding carboxylic acids is 1. The lowest BCUT2D eigenvalue weighted by Gasteiger charge is -2.47. The maximum absolute atomic E-state index is 13.0. The van der Waals surface area contributed by atoms with Gasteiger partial charge in [0, 0.05) is 6.54 Å². The van der Waals surface area contributed by atoms with Crippen LogP contribution in [0.3, 0.4) is 0 Å². The van der Waals surface area contributed by atoms with Gasteiger partial charge >= 0.3 is 5.97 Å². The van der Waals surface area contributed by atoms with Crippen LogP contribution in [0, 0.1) is 12.8 Å². The highest BCUT2D eigenvalue weighted by atomic mass is 35.5. The van der Waals surface area contributed by atoms with Crippen LogP contribution in [0.4, 0.5) is 0 Å². The van der Waals surface area contributed by atoms with Crippen molar-refractivity contribution < 1.29 is 9.53 Å². The number of benzene rings is 1. The van der Waals surface area contributed by atoms with Crippen molar-refractivity contribution in [2.45, 2.75) is 50.5 Å². The number of esters is 1. The minimum absolute atomic E-state index is 0. The molecule has 4 aliphatic rings. The van der Waals surface area contributed by atoms with Crippen LogP contribution in [0.5, 0.6) is 0 Å². The van der Waals surface area contributed by atoms with Gasteiger partial charge in [0.1, 0.15) is 6.10 Å². The average molecular weight is 336 g/mol. The molecule has 3 aliphatic heterocycles. The van der Waals surface area contributed by atoms with Crippen molar-refractivity contribution in [1.29, 1.82) is 0 Å². The number of halogens is 1. The molecule has 1 atom stereocenters. The van der Waals surface area contributed by atoms with Gasteiger partial charge in [0.15, 0.2) is 0 Å². The first-order valence-corrected chi connectivity index (χ1v) is 8.69. The first-order valence-electron chi connectivity index (χ1n) is 8.69. The second-order valence-electron chi connectivity index (χ2n) is 7.33. The van der Waals surface area contributed by atoms with E-state index in [1.54, 1.807) is 0 Å². The third-order valence-corrected chi connectivity index (χ3v) is 6.11. The van der Waals surface area contributed by atoms with Gasteiger partial charge in [-0.3, -0.25) is 9.69 Å². The molecule has 126 valence electrons. The molecule has 3 saturated heterocycles. The summed E-state index contributed by atoms with van der Waals surface area (Å²) >= 11 is 0. The Hall–Kier alpha value is -1.06. The van der Waals surface area contributed by atoms with E-state index >= 15 is 0 Å². The predicted octanol–water partition coefficient (Wildman–Crippen LogP) is 3.48. The Bertz CT molecular complexity index is 576. The van der Waals surface area contributed by atoms with Gasteiger partial charge in [0.25, 0.3) is 0 Å². The molecule has 1 aromatic carbocycles. The van der Waals surface area contributed by atoms with Crippen molar-refractivity contribution in [2.75, 3.05) is 19.6 Å². The topological polar surface area (TPSA) is 29.5 Å². The number of fused-ring (bicyclic) bond motifs is 3. The van der Waals surface area contributed by atoms with Crippen molar-refractivity contribution in [3.8, 4) is 0 Å². The van der Waals surface area contributed by atoms with Gasteiger partial charge in [-0.1, -0.05) is 30.7 Å². The maximum atomic E-state index is 13.0. The Kier molecular flexibility index (Phi) is 4.70. The van der Waals surface area contributed by atoms with Crippen molar-refractivity contribution >= 4 is 18.4 Å². The van der Waals surface area contributed by atoms with E-state index in [0.717, 1.165) is 25.8 Å². The molecule has 0 spiro atoms. The van der Waals surface area contributed by atoms with Crippen molar-refractivity contribution in [2.24, 2.45) is 5.92 Å². The Morgan fingerprint density at radius 3 is 2.43 bits per heavy atom. The van der Waals surface area contributed by atoms with Crippen molar-refractivity contribution in [3.05, 3.63) is 35.4 Å². The second kappa shape index (κ2) is 6.45. The molecule has 1 aliphatic carbocycles.